The Hall–Kier alpha value is -1.91. The first-order valence-electron chi connectivity index (χ1n) is 6.40. The van der Waals surface area contributed by atoms with E-state index in [2.05, 4.69) is 41.2 Å². The van der Waals surface area contributed by atoms with Crippen molar-refractivity contribution in [1.29, 1.82) is 0 Å². The highest BCUT2D eigenvalue weighted by atomic mass is 15.3. The Morgan fingerprint density at radius 2 is 2.06 bits per heavy atom. The van der Waals surface area contributed by atoms with Crippen molar-refractivity contribution < 1.29 is 0 Å². The summed E-state index contributed by atoms with van der Waals surface area (Å²) in [5.74, 6) is 0.925. The van der Waals surface area contributed by atoms with Crippen LogP contribution in [0.25, 0.3) is 11.3 Å². The molecule has 96 valence electrons. The second-order valence-corrected chi connectivity index (χ2v) is 4.02. The number of anilines is 1. The molecule has 0 radical (unpaired) electrons. The van der Waals surface area contributed by atoms with Crippen molar-refractivity contribution in [3.63, 3.8) is 0 Å². The van der Waals surface area contributed by atoms with Gasteiger partial charge in [0, 0.05) is 30.4 Å². The summed E-state index contributed by atoms with van der Waals surface area (Å²) < 4.78 is 1.91. The minimum absolute atomic E-state index is 0.859. The van der Waals surface area contributed by atoms with Gasteiger partial charge in [0.2, 0.25) is 0 Å². The first-order valence-corrected chi connectivity index (χ1v) is 6.40. The number of aromatic nitrogens is 4. The van der Waals surface area contributed by atoms with Gasteiger partial charge in [-0.3, -0.25) is 4.68 Å². The Morgan fingerprint density at radius 3 is 2.67 bits per heavy atom. The van der Waals surface area contributed by atoms with E-state index in [1.54, 1.807) is 6.33 Å². The third kappa shape index (κ3) is 2.34. The third-order valence-electron chi connectivity index (χ3n) is 2.87. The summed E-state index contributed by atoms with van der Waals surface area (Å²) in [6.45, 7) is 7.98. The van der Waals surface area contributed by atoms with Crippen LogP contribution in [0, 0.1) is 0 Å². The van der Waals surface area contributed by atoms with Gasteiger partial charge < -0.3 is 5.32 Å². The lowest BCUT2D eigenvalue weighted by atomic mass is 10.1. The molecule has 2 rings (SSSR count). The maximum Gasteiger partial charge on any atom is 0.133 e. The van der Waals surface area contributed by atoms with Gasteiger partial charge in [0.25, 0.3) is 0 Å². The minimum atomic E-state index is 0.859. The predicted molar refractivity (Wildman–Crippen MR) is 72.5 cm³/mol. The summed E-state index contributed by atoms with van der Waals surface area (Å²) in [5, 5.41) is 7.58. The van der Waals surface area contributed by atoms with E-state index >= 15 is 0 Å². The largest absolute Gasteiger partial charge is 0.370 e. The van der Waals surface area contributed by atoms with E-state index in [9.17, 15) is 0 Å². The van der Waals surface area contributed by atoms with Gasteiger partial charge in [-0.25, -0.2) is 9.97 Å². The molecule has 0 fully saturated rings. The van der Waals surface area contributed by atoms with E-state index in [4.69, 9.17) is 0 Å². The van der Waals surface area contributed by atoms with E-state index in [1.165, 1.54) is 0 Å². The molecule has 0 unspecified atom stereocenters. The molecule has 18 heavy (non-hydrogen) atoms. The van der Waals surface area contributed by atoms with E-state index in [0.29, 0.717) is 0 Å². The average molecular weight is 245 g/mol. The summed E-state index contributed by atoms with van der Waals surface area (Å²) in [7, 11) is 0. The summed E-state index contributed by atoms with van der Waals surface area (Å²) >= 11 is 0. The van der Waals surface area contributed by atoms with Crippen LogP contribution in [0.3, 0.4) is 0 Å². The fraction of sp³-hybridized carbons (Fsp3) is 0.462. The minimum Gasteiger partial charge on any atom is -0.370 e. The molecule has 2 aromatic heterocycles. The molecule has 0 aromatic carbocycles. The summed E-state index contributed by atoms with van der Waals surface area (Å²) in [5.41, 5.74) is 3.17. The Morgan fingerprint density at radius 1 is 1.22 bits per heavy atom. The van der Waals surface area contributed by atoms with E-state index in [1.807, 2.05) is 17.1 Å². The van der Waals surface area contributed by atoms with E-state index in [-0.39, 0.29) is 0 Å². The molecule has 0 aliphatic carbocycles. The first-order chi connectivity index (χ1) is 8.80. The molecule has 0 saturated carbocycles. The SMILES string of the molecule is CCNc1ncnc(-c2cnn(CC)c2)c1CC. The lowest BCUT2D eigenvalue weighted by Crippen LogP contribution is -2.05. The molecule has 0 bridgehead atoms. The Labute approximate surface area is 107 Å². The molecule has 0 saturated heterocycles. The number of rotatable bonds is 5. The van der Waals surface area contributed by atoms with Crippen LogP contribution in [0.1, 0.15) is 26.3 Å². The van der Waals surface area contributed by atoms with E-state index < -0.39 is 0 Å². The zero-order chi connectivity index (χ0) is 13.0. The molecule has 0 amide bonds. The van der Waals surface area contributed by atoms with Gasteiger partial charge in [0.1, 0.15) is 12.1 Å². The maximum absolute atomic E-state index is 4.41. The van der Waals surface area contributed by atoms with Crippen LogP contribution in [0.2, 0.25) is 0 Å². The van der Waals surface area contributed by atoms with Gasteiger partial charge >= 0.3 is 0 Å². The van der Waals surface area contributed by atoms with Crippen LogP contribution in [-0.2, 0) is 13.0 Å². The normalized spacial score (nSPS) is 10.6. The second kappa shape index (κ2) is 5.62. The van der Waals surface area contributed by atoms with Crippen molar-refractivity contribution in [1.82, 2.24) is 19.7 Å². The van der Waals surface area contributed by atoms with Gasteiger partial charge in [-0.1, -0.05) is 6.92 Å². The number of hydrogen-bond acceptors (Lipinski definition) is 4. The van der Waals surface area contributed by atoms with Crippen LogP contribution >= 0.6 is 0 Å². The van der Waals surface area contributed by atoms with Crippen molar-refractivity contribution in [2.75, 3.05) is 11.9 Å². The van der Waals surface area contributed by atoms with Crippen molar-refractivity contribution in [2.24, 2.45) is 0 Å². The molecule has 1 N–H and O–H groups in total. The van der Waals surface area contributed by atoms with Crippen molar-refractivity contribution in [2.45, 2.75) is 33.7 Å². The lowest BCUT2D eigenvalue weighted by molar-refractivity contribution is 0.660. The quantitative estimate of drug-likeness (QED) is 0.878. The smallest absolute Gasteiger partial charge is 0.133 e. The molecule has 2 aromatic rings. The van der Waals surface area contributed by atoms with Crippen LogP contribution in [0.15, 0.2) is 18.7 Å². The predicted octanol–water partition coefficient (Wildman–Crippen LogP) is 2.35. The monoisotopic (exact) mass is 245 g/mol. The summed E-state index contributed by atoms with van der Waals surface area (Å²) in [6.07, 6.45) is 6.39. The second-order valence-electron chi connectivity index (χ2n) is 4.02. The molecule has 0 aliphatic rings. The topological polar surface area (TPSA) is 55.6 Å². The van der Waals surface area contributed by atoms with E-state index in [0.717, 1.165) is 42.1 Å². The Balaban J connectivity index is 2.46. The number of nitrogens with zero attached hydrogens (tertiary/aromatic N) is 4. The maximum atomic E-state index is 4.41. The fourth-order valence-electron chi connectivity index (χ4n) is 1.97. The fourth-order valence-corrected chi connectivity index (χ4v) is 1.97. The summed E-state index contributed by atoms with van der Waals surface area (Å²) in [6, 6.07) is 0. The number of nitrogens with one attached hydrogen (secondary N) is 1. The zero-order valence-electron chi connectivity index (χ0n) is 11.1. The van der Waals surface area contributed by atoms with Gasteiger partial charge in [0.15, 0.2) is 0 Å². The average Bonchev–Trinajstić information content (AvgIpc) is 2.87. The Kier molecular flexibility index (Phi) is 3.92. The molecular weight excluding hydrogens is 226 g/mol. The van der Waals surface area contributed by atoms with Gasteiger partial charge in [-0.05, 0) is 20.3 Å². The summed E-state index contributed by atoms with van der Waals surface area (Å²) in [4.78, 5) is 8.71. The van der Waals surface area contributed by atoms with Gasteiger partial charge in [0.05, 0.1) is 11.9 Å². The van der Waals surface area contributed by atoms with Crippen LogP contribution in [0.4, 0.5) is 5.82 Å². The highest BCUT2D eigenvalue weighted by Crippen LogP contribution is 2.25. The highest BCUT2D eigenvalue weighted by molar-refractivity contribution is 5.67. The van der Waals surface area contributed by atoms with Crippen molar-refractivity contribution >= 4 is 5.82 Å². The van der Waals surface area contributed by atoms with Crippen LogP contribution < -0.4 is 5.32 Å². The molecule has 0 aliphatic heterocycles. The standard InChI is InChI=1S/C13H19N5/c1-4-11-12(10-7-17-18(6-3)8-10)15-9-16-13(11)14-5-2/h7-9H,4-6H2,1-3H3,(H,14,15,16). The van der Waals surface area contributed by atoms with Crippen molar-refractivity contribution in [3.05, 3.63) is 24.3 Å². The van der Waals surface area contributed by atoms with Gasteiger partial charge in [-0.2, -0.15) is 5.10 Å². The molecule has 2 heterocycles. The first kappa shape index (κ1) is 12.5. The molecular formula is C13H19N5. The molecule has 0 atom stereocenters. The molecule has 0 spiro atoms. The van der Waals surface area contributed by atoms with Crippen molar-refractivity contribution in [3.8, 4) is 11.3 Å². The Bertz CT molecular complexity index is 518. The lowest BCUT2D eigenvalue weighted by Gasteiger charge is -2.10. The zero-order valence-corrected chi connectivity index (χ0v) is 11.1. The highest BCUT2D eigenvalue weighted by Gasteiger charge is 2.12. The van der Waals surface area contributed by atoms with Gasteiger partial charge in [-0.15, -0.1) is 0 Å². The third-order valence-corrected chi connectivity index (χ3v) is 2.87. The molecule has 5 nitrogen and oxygen atoms in total. The number of hydrogen-bond donors (Lipinski definition) is 1. The van der Waals surface area contributed by atoms with Crippen LogP contribution in [0.5, 0.6) is 0 Å². The number of aryl methyl sites for hydroxylation is 1. The van der Waals surface area contributed by atoms with Crippen LogP contribution in [-0.4, -0.2) is 26.3 Å². The molecule has 5 heteroatoms.